The number of hydrogen-bond acceptors (Lipinski definition) is 7. The van der Waals surface area contributed by atoms with Crippen LogP contribution in [-0.2, 0) is 6.61 Å². The fourth-order valence-electron chi connectivity index (χ4n) is 2.08. The molecule has 0 saturated carbocycles. The first-order chi connectivity index (χ1) is 12.1. The Morgan fingerprint density at radius 3 is 2.60 bits per heavy atom. The first kappa shape index (κ1) is 16.1. The Hall–Kier alpha value is -3.75. The van der Waals surface area contributed by atoms with Crippen molar-refractivity contribution in [3.63, 3.8) is 0 Å². The summed E-state index contributed by atoms with van der Waals surface area (Å²) in [5, 5.41) is 25.8. The Labute approximate surface area is 142 Å². The molecule has 0 radical (unpaired) electrons. The quantitative estimate of drug-likeness (QED) is 0.399. The van der Waals surface area contributed by atoms with Crippen LogP contribution >= 0.6 is 0 Å². The van der Waals surface area contributed by atoms with Gasteiger partial charge in [0, 0.05) is 6.07 Å². The number of anilines is 1. The molecule has 0 aliphatic rings. The second kappa shape index (κ2) is 7.21. The van der Waals surface area contributed by atoms with Gasteiger partial charge in [0.05, 0.1) is 10.6 Å². The van der Waals surface area contributed by atoms with Gasteiger partial charge in [-0.25, -0.2) is 0 Å². The number of nitrogens with zero attached hydrogens (tertiary/aromatic N) is 4. The molecule has 126 valence electrons. The van der Waals surface area contributed by atoms with E-state index in [0.717, 1.165) is 0 Å². The van der Waals surface area contributed by atoms with Crippen LogP contribution in [0.4, 0.5) is 22.9 Å². The maximum absolute atomic E-state index is 11.0. The van der Waals surface area contributed by atoms with Gasteiger partial charge in [0.1, 0.15) is 12.3 Å². The number of ether oxygens (including phenoxy) is 1. The van der Waals surface area contributed by atoms with Crippen molar-refractivity contribution in [1.29, 1.82) is 0 Å². The summed E-state index contributed by atoms with van der Waals surface area (Å²) < 4.78 is 5.52. The average molecular weight is 338 g/mol. The highest BCUT2D eigenvalue weighted by Gasteiger charge is 2.16. The van der Waals surface area contributed by atoms with Gasteiger partial charge in [-0.3, -0.25) is 15.2 Å². The van der Waals surface area contributed by atoms with Crippen molar-refractivity contribution in [1.82, 2.24) is 10.2 Å². The Bertz CT molecular complexity index is 907. The van der Waals surface area contributed by atoms with Crippen molar-refractivity contribution in [2.45, 2.75) is 6.61 Å². The summed E-state index contributed by atoms with van der Waals surface area (Å²) in [4.78, 5) is 10.5. The molecule has 3 rings (SSSR count). The minimum absolute atomic E-state index is 0.0157. The third-order valence-electron chi connectivity index (χ3n) is 3.30. The number of nitrogens with two attached hydrogens (primary N) is 1. The molecule has 1 aromatic heterocycles. The molecule has 0 saturated heterocycles. The smallest absolute Gasteiger partial charge is 0.310 e. The van der Waals surface area contributed by atoms with Crippen molar-refractivity contribution in [3.8, 4) is 5.75 Å². The summed E-state index contributed by atoms with van der Waals surface area (Å²) in [6, 6.07) is 15.2. The number of nitro benzene ring substituents is 1. The van der Waals surface area contributed by atoms with E-state index in [1.807, 2.05) is 18.2 Å². The molecule has 0 aliphatic heterocycles. The van der Waals surface area contributed by atoms with Gasteiger partial charge in [0.15, 0.2) is 17.3 Å². The number of aromatic amines is 1. The van der Waals surface area contributed by atoms with Crippen LogP contribution in [0.15, 0.2) is 64.8 Å². The van der Waals surface area contributed by atoms with E-state index >= 15 is 0 Å². The second-order valence-electron chi connectivity index (χ2n) is 4.99. The first-order valence-electron chi connectivity index (χ1n) is 7.31. The number of H-pyrrole nitrogens is 1. The van der Waals surface area contributed by atoms with E-state index in [4.69, 9.17) is 10.5 Å². The molecule has 0 aliphatic carbocycles. The third-order valence-corrected chi connectivity index (χ3v) is 3.30. The monoisotopic (exact) mass is 338 g/mol. The average Bonchev–Trinajstić information content (AvgIpc) is 2.99. The molecular formula is C16H14N6O3. The van der Waals surface area contributed by atoms with Crippen LogP contribution in [-0.4, -0.2) is 15.1 Å². The van der Waals surface area contributed by atoms with Gasteiger partial charge in [0.25, 0.3) is 0 Å². The van der Waals surface area contributed by atoms with Crippen molar-refractivity contribution in [2.24, 2.45) is 10.2 Å². The van der Waals surface area contributed by atoms with E-state index in [1.54, 1.807) is 24.3 Å². The van der Waals surface area contributed by atoms with E-state index in [2.05, 4.69) is 20.4 Å². The number of para-hydroxylation sites is 2. The standard InChI is InChI=1S/C16H14N6O3/c17-16-15(20-18-11-6-2-1-3-7-11)12(19-21-16)10-25-14-9-5-4-8-13(14)22(23)24/h1-9H,10H2,(H3,17,19,21). The molecule has 2 aromatic carbocycles. The second-order valence-corrected chi connectivity index (χ2v) is 4.99. The van der Waals surface area contributed by atoms with Gasteiger partial charge < -0.3 is 10.5 Å². The maximum Gasteiger partial charge on any atom is 0.310 e. The van der Waals surface area contributed by atoms with Crippen molar-refractivity contribution in [2.75, 3.05) is 5.73 Å². The fourth-order valence-corrected chi connectivity index (χ4v) is 2.08. The Kier molecular flexibility index (Phi) is 4.65. The van der Waals surface area contributed by atoms with Crippen molar-refractivity contribution in [3.05, 3.63) is 70.4 Å². The minimum Gasteiger partial charge on any atom is -0.480 e. The molecule has 25 heavy (non-hydrogen) atoms. The van der Waals surface area contributed by atoms with Gasteiger partial charge in [-0.05, 0) is 18.2 Å². The van der Waals surface area contributed by atoms with E-state index in [-0.39, 0.29) is 23.9 Å². The lowest BCUT2D eigenvalue weighted by molar-refractivity contribution is -0.385. The molecule has 0 bridgehead atoms. The van der Waals surface area contributed by atoms with E-state index in [1.165, 1.54) is 12.1 Å². The molecule has 1 heterocycles. The third kappa shape index (κ3) is 3.78. The van der Waals surface area contributed by atoms with Crippen LogP contribution in [0.5, 0.6) is 5.75 Å². The lowest BCUT2D eigenvalue weighted by atomic mass is 10.3. The highest BCUT2D eigenvalue weighted by Crippen LogP contribution is 2.30. The molecule has 9 nitrogen and oxygen atoms in total. The first-order valence-corrected chi connectivity index (χ1v) is 7.31. The van der Waals surface area contributed by atoms with E-state index in [0.29, 0.717) is 17.1 Å². The zero-order chi connectivity index (χ0) is 17.6. The number of aromatic nitrogens is 2. The summed E-state index contributed by atoms with van der Waals surface area (Å²) in [6.45, 7) is -0.0157. The number of azo groups is 1. The zero-order valence-electron chi connectivity index (χ0n) is 13.0. The fraction of sp³-hybridized carbons (Fsp3) is 0.0625. The number of benzene rings is 2. The molecule has 9 heteroatoms. The van der Waals surface area contributed by atoms with Gasteiger partial charge in [-0.15, -0.1) is 5.11 Å². The normalized spacial score (nSPS) is 10.9. The van der Waals surface area contributed by atoms with Gasteiger partial charge >= 0.3 is 5.69 Å². The van der Waals surface area contributed by atoms with E-state index < -0.39 is 4.92 Å². The number of nitrogens with one attached hydrogen (secondary N) is 1. The summed E-state index contributed by atoms with van der Waals surface area (Å²) in [5.74, 6) is 0.312. The highest BCUT2D eigenvalue weighted by atomic mass is 16.6. The van der Waals surface area contributed by atoms with Crippen LogP contribution in [0.25, 0.3) is 0 Å². The zero-order valence-corrected chi connectivity index (χ0v) is 13.0. The molecule has 0 spiro atoms. The van der Waals surface area contributed by atoms with Gasteiger partial charge in [-0.1, -0.05) is 30.3 Å². The summed E-state index contributed by atoms with van der Waals surface area (Å²) in [5.41, 5.74) is 7.13. The summed E-state index contributed by atoms with van der Waals surface area (Å²) in [7, 11) is 0. The number of rotatable bonds is 6. The van der Waals surface area contributed by atoms with Gasteiger partial charge in [-0.2, -0.15) is 10.2 Å². The Morgan fingerprint density at radius 1 is 1.12 bits per heavy atom. The van der Waals surface area contributed by atoms with Crippen LogP contribution in [0.2, 0.25) is 0 Å². The molecule has 3 N–H and O–H groups in total. The number of nitro groups is 1. The SMILES string of the molecule is Nc1n[nH]c(COc2ccccc2[N+](=O)[O-])c1N=Nc1ccccc1. The predicted molar refractivity (Wildman–Crippen MR) is 91.0 cm³/mol. The van der Waals surface area contributed by atoms with Crippen LogP contribution in [0.1, 0.15) is 5.69 Å². The van der Waals surface area contributed by atoms with E-state index in [9.17, 15) is 10.1 Å². The topological polar surface area (TPSA) is 132 Å². The number of nitrogen functional groups attached to an aromatic ring is 1. The van der Waals surface area contributed by atoms with Crippen molar-refractivity contribution >= 4 is 22.9 Å². The lowest BCUT2D eigenvalue weighted by Crippen LogP contribution is -1.99. The lowest BCUT2D eigenvalue weighted by Gasteiger charge is -2.05. The molecular weight excluding hydrogens is 324 g/mol. The summed E-state index contributed by atoms with van der Waals surface area (Å²) >= 11 is 0. The molecule has 0 fully saturated rings. The summed E-state index contributed by atoms with van der Waals surface area (Å²) in [6.07, 6.45) is 0. The Morgan fingerprint density at radius 2 is 1.84 bits per heavy atom. The predicted octanol–water partition coefficient (Wildman–Crippen LogP) is 3.89. The molecule has 0 atom stereocenters. The molecule has 0 amide bonds. The van der Waals surface area contributed by atoms with Crippen molar-refractivity contribution < 1.29 is 9.66 Å². The minimum atomic E-state index is -0.507. The Balaban J connectivity index is 1.79. The largest absolute Gasteiger partial charge is 0.480 e. The van der Waals surface area contributed by atoms with Gasteiger partial charge in [0.2, 0.25) is 0 Å². The molecule has 3 aromatic rings. The van der Waals surface area contributed by atoms with Crippen LogP contribution < -0.4 is 10.5 Å². The highest BCUT2D eigenvalue weighted by molar-refractivity contribution is 5.60. The number of hydrogen-bond donors (Lipinski definition) is 2. The maximum atomic E-state index is 11.0. The molecule has 0 unspecified atom stereocenters. The van der Waals surface area contributed by atoms with Crippen LogP contribution in [0.3, 0.4) is 0 Å². The van der Waals surface area contributed by atoms with Crippen LogP contribution in [0, 0.1) is 10.1 Å².